The minimum Gasteiger partial charge on any atom is -0.545 e. The van der Waals surface area contributed by atoms with E-state index in [2.05, 4.69) is 6.08 Å². The molecule has 1 saturated heterocycles. The van der Waals surface area contributed by atoms with Crippen molar-refractivity contribution in [3.63, 3.8) is 0 Å². The van der Waals surface area contributed by atoms with Crippen LogP contribution in [0.25, 0.3) is 0 Å². The van der Waals surface area contributed by atoms with Gasteiger partial charge in [-0.1, -0.05) is 23.8 Å². The second kappa shape index (κ2) is 4.29. The molecule has 5 heteroatoms. The predicted octanol–water partition coefficient (Wildman–Crippen LogP) is 0.752. The predicted molar refractivity (Wildman–Crippen MR) is 75.6 cm³/mol. The fraction of sp³-hybridized carbons (Fsp3) is 0.353. The number of amides is 2. The first-order valence-corrected chi connectivity index (χ1v) is 7.36. The molecule has 112 valence electrons. The van der Waals surface area contributed by atoms with E-state index in [1.54, 1.807) is 0 Å². The number of fused-ring (bicyclic) bond motifs is 5. The number of imide groups is 1. The van der Waals surface area contributed by atoms with Crippen LogP contribution in [-0.4, -0.2) is 17.8 Å². The van der Waals surface area contributed by atoms with E-state index in [0.717, 1.165) is 6.42 Å². The van der Waals surface area contributed by atoms with Crippen LogP contribution in [-0.2, 0) is 9.59 Å². The third-order valence-corrected chi connectivity index (χ3v) is 5.24. The average molecular weight is 296 g/mol. The Kier molecular flexibility index (Phi) is 2.58. The molecule has 2 bridgehead atoms. The first-order chi connectivity index (χ1) is 10.5. The van der Waals surface area contributed by atoms with Crippen LogP contribution >= 0.6 is 0 Å². The summed E-state index contributed by atoms with van der Waals surface area (Å²) >= 11 is 0. The number of rotatable bonds is 2. The Bertz CT molecular complexity index is 734. The van der Waals surface area contributed by atoms with E-state index in [0.29, 0.717) is 5.69 Å². The number of aromatic carboxylic acids is 1. The normalized spacial score (nSPS) is 32.4. The summed E-state index contributed by atoms with van der Waals surface area (Å²) in [6.07, 6.45) is 3.02. The highest BCUT2D eigenvalue weighted by Crippen LogP contribution is 2.55. The largest absolute Gasteiger partial charge is 0.545 e. The van der Waals surface area contributed by atoms with Crippen molar-refractivity contribution in [1.29, 1.82) is 0 Å². The number of carbonyl (C=O) groups is 3. The summed E-state index contributed by atoms with van der Waals surface area (Å²) < 4.78 is 0. The van der Waals surface area contributed by atoms with Crippen LogP contribution in [0.4, 0.5) is 5.69 Å². The SMILES string of the molecule is CC1=C[C@@H]2C[C@@H]1[C@H]1C(=O)N(c3ccc(C(=O)[O-])cc3)C(=O)[C@@H]12. The van der Waals surface area contributed by atoms with Crippen molar-refractivity contribution in [2.75, 3.05) is 4.90 Å². The Morgan fingerprint density at radius 2 is 1.77 bits per heavy atom. The van der Waals surface area contributed by atoms with Crippen molar-refractivity contribution in [2.45, 2.75) is 13.3 Å². The minimum atomic E-state index is -1.28. The second-order valence-corrected chi connectivity index (χ2v) is 6.31. The van der Waals surface area contributed by atoms with Crippen molar-refractivity contribution in [3.8, 4) is 0 Å². The smallest absolute Gasteiger partial charge is 0.238 e. The molecule has 0 spiro atoms. The molecule has 2 aliphatic carbocycles. The van der Waals surface area contributed by atoms with E-state index in [4.69, 9.17) is 0 Å². The van der Waals surface area contributed by atoms with Gasteiger partial charge in [-0.25, -0.2) is 0 Å². The zero-order valence-corrected chi connectivity index (χ0v) is 12.0. The molecular weight excluding hydrogens is 282 g/mol. The molecule has 4 rings (SSSR count). The summed E-state index contributed by atoms with van der Waals surface area (Å²) in [4.78, 5) is 37.4. The molecule has 5 nitrogen and oxygen atoms in total. The summed E-state index contributed by atoms with van der Waals surface area (Å²) in [5.41, 5.74) is 1.67. The zero-order chi connectivity index (χ0) is 15.6. The van der Waals surface area contributed by atoms with Crippen molar-refractivity contribution >= 4 is 23.5 Å². The highest BCUT2D eigenvalue weighted by atomic mass is 16.4. The highest BCUT2D eigenvalue weighted by Gasteiger charge is 2.60. The van der Waals surface area contributed by atoms with E-state index >= 15 is 0 Å². The first kappa shape index (κ1) is 13.2. The molecule has 1 saturated carbocycles. The molecule has 0 unspecified atom stereocenters. The standard InChI is InChI=1S/C17H15NO4/c1-8-6-10-7-12(8)14-13(10)15(19)18(16(14)20)11-4-2-9(3-5-11)17(21)22/h2-6,10,12-14H,7H2,1H3,(H,21,22)/p-1/t10-,12+,13-,14-/m1/s1. The molecule has 1 aromatic rings. The van der Waals surface area contributed by atoms with Crippen LogP contribution in [0.2, 0.25) is 0 Å². The number of hydrogen-bond donors (Lipinski definition) is 0. The van der Waals surface area contributed by atoms with Gasteiger partial charge in [0, 0.05) is 0 Å². The lowest BCUT2D eigenvalue weighted by molar-refractivity contribution is -0.255. The highest BCUT2D eigenvalue weighted by molar-refractivity contribution is 6.22. The topological polar surface area (TPSA) is 77.5 Å². The number of carboxylic acid groups (broad SMARTS) is 1. The molecule has 0 radical (unpaired) electrons. The van der Waals surface area contributed by atoms with Crippen molar-refractivity contribution < 1.29 is 19.5 Å². The van der Waals surface area contributed by atoms with Crippen molar-refractivity contribution in [2.24, 2.45) is 23.7 Å². The van der Waals surface area contributed by atoms with E-state index in [1.807, 2.05) is 6.92 Å². The fourth-order valence-corrected chi connectivity index (χ4v) is 4.28. The van der Waals surface area contributed by atoms with Gasteiger partial charge in [0.2, 0.25) is 11.8 Å². The number of carboxylic acids is 1. The monoisotopic (exact) mass is 296 g/mol. The molecule has 2 fully saturated rings. The first-order valence-electron chi connectivity index (χ1n) is 7.36. The Balaban J connectivity index is 1.69. The van der Waals surface area contributed by atoms with Crippen LogP contribution < -0.4 is 10.0 Å². The van der Waals surface area contributed by atoms with Gasteiger partial charge in [-0.2, -0.15) is 0 Å². The quantitative estimate of drug-likeness (QED) is 0.596. The third-order valence-electron chi connectivity index (χ3n) is 5.24. The van der Waals surface area contributed by atoms with Crippen LogP contribution in [0.5, 0.6) is 0 Å². The molecule has 1 aliphatic heterocycles. The van der Waals surface area contributed by atoms with Crippen LogP contribution in [0.3, 0.4) is 0 Å². The minimum absolute atomic E-state index is 0.0284. The molecule has 1 aromatic carbocycles. The molecule has 3 aliphatic rings. The van der Waals surface area contributed by atoms with E-state index in [9.17, 15) is 19.5 Å². The second-order valence-electron chi connectivity index (χ2n) is 6.31. The Morgan fingerprint density at radius 3 is 2.41 bits per heavy atom. The zero-order valence-electron chi connectivity index (χ0n) is 12.0. The Labute approximate surface area is 127 Å². The maximum absolute atomic E-state index is 12.7. The summed E-state index contributed by atoms with van der Waals surface area (Å²) in [6, 6.07) is 5.70. The molecule has 1 heterocycles. The van der Waals surface area contributed by atoms with Gasteiger partial charge in [-0.05, 0) is 42.9 Å². The van der Waals surface area contributed by atoms with Crippen LogP contribution in [0.15, 0.2) is 35.9 Å². The molecular formula is C17H14NO4-. The number of hydrogen-bond acceptors (Lipinski definition) is 4. The molecule has 0 aromatic heterocycles. The Hall–Kier alpha value is -2.43. The lowest BCUT2D eigenvalue weighted by Crippen LogP contribution is -2.33. The number of anilines is 1. The van der Waals surface area contributed by atoms with Gasteiger partial charge >= 0.3 is 0 Å². The Morgan fingerprint density at radius 1 is 1.14 bits per heavy atom. The summed E-state index contributed by atoms with van der Waals surface area (Å²) in [5.74, 6) is -1.74. The van der Waals surface area contributed by atoms with E-state index < -0.39 is 5.97 Å². The average Bonchev–Trinajstić information content (AvgIpc) is 3.11. The fourth-order valence-electron chi connectivity index (χ4n) is 4.28. The van der Waals surface area contributed by atoms with Gasteiger partial charge in [0.1, 0.15) is 0 Å². The molecule has 22 heavy (non-hydrogen) atoms. The molecule has 2 amide bonds. The van der Waals surface area contributed by atoms with E-state index in [1.165, 1.54) is 34.7 Å². The lowest BCUT2D eigenvalue weighted by Gasteiger charge is -2.19. The summed E-state index contributed by atoms with van der Waals surface area (Å²) in [6.45, 7) is 2.02. The summed E-state index contributed by atoms with van der Waals surface area (Å²) in [7, 11) is 0. The number of carbonyl (C=O) groups excluding carboxylic acids is 3. The maximum Gasteiger partial charge on any atom is 0.238 e. The number of allylic oxidation sites excluding steroid dienone is 2. The van der Waals surface area contributed by atoms with E-state index in [-0.39, 0.29) is 41.0 Å². The van der Waals surface area contributed by atoms with Gasteiger partial charge in [-0.15, -0.1) is 0 Å². The van der Waals surface area contributed by atoms with Gasteiger partial charge in [-0.3, -0.25) is 14.5 Å². The van der Waals surface area contributed by atoms with Crippen LogP contribution in [0, 0.1) is 23.7 Å². The maximum atomic E-state index is 12.7. The molecule has 0 N–H and O–H groups in total. The lowest BCUT2D eigenvalue weighted by atomic mass is 9.82. The van der Waals surface area contributed by atoms with Crippen molar-refractivity contribution in [1.82, 2.24) is 0 Å². The van der Waals surface area contributed by atoms with Crippen LogP contribution in [0.1, 0.15) is 23.7 Å². The van der Waals surface area contributed by atoms with Gasteiger partial charge in [0.25, 0.3) is 0 Å². The van der Waals surface area contributed by atoms with Gasteiger partial charge < -0.3 is 9.90 Å². The van der Waals surface area contributed by atoms with Gasteiger partial charge in [0.05, 0.1) is 23.5 Å². The molecule has 4 atom stereocenters. The van der Waals surface area contributed by atoms with Crippen molar-refractivity contribution in [3.05, 3.63) is 41.5 Å². The number of nitrogens with zero attached hydrogens (tertiary/aromatic N) is 1. The van der Waals surface area contributed by atoms with Gasteiger partial charge in [0.15, 0.2) is 0 Å². The third kappa shape index (κ3) is 1.56. The number of benzene rings is 1. The summed E-state index contributed by atoms with van der Waals surface area (Å²) in [5, 5.41) is 10.8.